The third-order valence-corrected chi connectivity index (χ3v) is 5.08. The SMILES string of the molecule is CCC1(CC)CCC(C)(c2cccc(C(F)(F)F)c2)N1[O]. The molecule has 1 unspecified atom stereocenters. The quantitative estimate of drug-likeness (QED) is 0.777. The number of hydrogen-bond acceptors (Lipinski definition) is 1. The molecule has 117 valence electrons. The molecule has 1 aliphatic heterocycles. The van der Waals surface area contributed by atoms with Gasteiger partial charge in [0, 0.05) is 5.54 Å². The molecule has 21 heavy (non-hydrogen) atoms. The minimum Gasteiger partial charge on any atom is -0.166 e. The molecule has 1 saturated heterocycles. The molecule has 0 saturated carbocycles. The van der Waals surface area contributed by atoms with E-state index in [2.05, 4.69) is 0 Å². The summed E-state index contributed by atoms with van der Waals surface area (Å²) in [4.78, 5) is 0. The maximum absolute atomic E-state index is 12.9. The average Bonchev–Trinajstić information content (AvgIpc) is 2.73. The Balaban J connectivity index is 2.42. The highest BCUT2D eigenvalue weighted by Gasteiger charge is 2.52. The Hall–Kier alpha value is -1.07. The molecule has 1 radical (unpaired) electrons. The van der Waals surface area contributed by atoms with Crippen LogP contribution in [-0.4, -0.2) is 10.6 Å². The first-order valence-electron chi connectivity index (χ1n) is 7.35. The second-order valence-electron chi connectivity index (χ2n) is 6.08. The third kappa shape index (κ3) is 2.57. The molecule has 0 bridgehead atoms. The Bertz CT molecular complexity index is 510. The van der Waals surface area contributed by atoms with Gasteiger partial charge >= 0.3 is 6.18 Å². The van der Waals surface area contributed by atoms with Crippen molar-refractivity contribution in [3.8, 4) is 0 Å². The highest BCUT2D eigenvalue weighted by atomic mass is 19.4. The summed E-state index contributed by atoms with van der Waals surface area (Å²) in [7, 11) is 0. The first-order valence-corrected chi connectivity index (χ1v) is 7.35. The zero-order chi connectivity index (χ0) is 15.9. The minimum absolute atomic E-state index is 0.455. The Morgan fingerprint density at radius 3 is 2.29 bits per heavy atom. The lowest BCUT2D eigenvalue weighted by molar-refractivity contribution is -0.262. The normalized spacial score (nSPS) is 26.2. The van der Waals surface area contributed by atoms with E-state index in [4.69, 9.17) is 0 Å². The van der Waals surface area contributed by atoms with E-state index in [1.165, 1.54) is 6.07 Å². The van der Waals surface area contributed by atoms with Crippen LogP contribution in [0.25, 0.3) is 0 Å². The van der Waals surface area contributed by atoms with E-state index >= 15 is 0 Å². The standard InChI is InChI=1S/C16H21F3NO/c1-4-15(5-2)10-9-14(3,20(15)21)12-7-6-8-13(11-12)16(17,18)19/h6-8,11H,4-5,9-10H2,1-3H3. The first kappa shape index (κ1) is 16.3. The van der Waals surface area contributed by atoms with Gasteiger partial charge < -0.3 is 0 Å². The second-order valence-corrected chi connectivity index (χ2v) is 6.08. The summed E-state index contributed by atoms with van der Waals surface area (Å²) in [6, 6.07) is 5.17. The van der Waals surface area contributed by atoms with Crippen LogP contribution < -0.4 is 0 Å². The molecular weight excluding hydrogens is 279 g/mol. The van der Waals surface area contributed by atoms with Crippen LogP contribution >= 0.6 is 0 Å². The van der Waals surface area contributed by atoms with Crippen LogP contribution in [0.1, 0.15) is 57.6 Å². The number of hydrogen-bond donors (Lipinski definition) is 0. The number of hydroxylamine groups is 2. The molecule has 2 nitrogen and oxygen atoms in total. The van der Waals surface area contributed by atoms with Crippen molar-refractivity contribution in [1.29, 1.82) is 0 Å². The Labute approximate surface area is 123 Å². The van der Waals surface area contributed by atoms with Crippen molar-refractivity contribution in [3.63, 3.8) is 0 Å². The van der Waals surface area contributed by atoms with Crippen molar-refractivity contribution in [2.45, 2.75) is 63.7 Å². The molecular formula is C16H21F3NO. The van der Waals surface area contributed by atoms with E-state index < -0.39 is 22.8 Å². The van der Waals surface area contributed by atoms with E-state index in [9.17, 15) is 18.4 Å². The molecule has 1 aromatic carbocycles. The van der Waals surface area contributed by atoms with Crippen molar-refractivity contribution in [1.82, 2.24) is 5.06 Å². The lowest BCUT2D eigenvalue weighted by atomic mass is 9.88. The van der Waals surface area contributed by atoms with Crippen LogP contribution in [0.5, 0.6) is 0 Å². The highest BCUT2D eigenvalue weighted by molar-refractivity contribution is 5.32. The molecule has 0 amide bonds. The van der Waals surface area contributed by atoms with E-state index in [-0.39, 0.29) is 0 Å². The number of benzene rings is 1. The Morgan fingerprint density at radius 1 is 1.19 bits per heavy atom. The molecule has 0 aromatic heterocycles. The number of rotatable bonds is 3. The lowest BCUT2D eigenvalue weighted by Crippen LogP contribution is -2.47. The fourth-order valence-corrected chi connectivity index (χ4v) is 3.39. The molecule has 0 N–H and O–H groups in total. The molecule has 5 heteroatoms. The molecule has 1 heterocycles. The fourth-order valence-electron chi connectivity index (χ4n) is 3.39. The van der Waals surface area contributed by atoms with Crippen LogP contribution in [0, 0.1) is 0 Å². The number of nitrogens with zero attached hydrogens (tertiary/aromatic N) is 1. The zero-order valence-electron chi connectivity index (χ0n) is 12.6. The van der Waals surface area contributed by atoms with E-state index in [1.54, 1.807) is 13.0 Å². The predicted molar refractivity (Wildman–Crippen MR) is 73.9 cm³/mol. The van der Waals surface area contributed by atoms with Gasteiger partial charge in [-0.25, -0.2) is 0 Å². The van der Waals surface area contributed by atoms with Gasteiger partial charge in [0.1, 0.15) is 0 Å². The van der Waals surface area contributed by atoms with Gasteiger partial charge in [-0.15, -0.1) is 10.3 Å². The van der Waals surface area contributed by atoms with Crippen LogP contribution in [-0.2, 0) is 16.9 Å². The molecule has 1 aliphatic rings. The van der Waals surface area contributed by atoms with Crippen molar-refractivity contribution in [3.05, 3.63) is 35.4 Å². The second kappa shape index (κ2) is 5.29. The van der Waals surface area contributed by atoms with Crippen LogP contribution in [0.4, 0.5) is 13.2 Å². The molecule has 1 aromatic rings. The smallest absolute Gasteiger partial charge is 0.166 e. The zero-order valence-corrected chi connectivity index (χ0v) is 12.6. The Morgan fingerprint density at radius 2 is 1.81 bits per heavy atom. The van der Waals surface area contributed by atoms with Gasteiger partial charge in [0.25, 0.3) is 0 Å². The van der Waals surface area contributed by atoms with Gasteiger partial charge in [-0.3, -0.25) is 0 Å². The average molecular weight is 300 g/mol. The predicted octanol–water partition coefficient (Wildman–Crippen LogP) is 4.92. The summed E-state index contributed by atoms with van der Waals surface area (Å²) >= 11 is 0. The van der Waals surface area contributed by atoms with Gasteiger partial charge in [0.15, 0.2) is 0 Å². The van der Waals surface area contributed by atoms with Crippen LogP contribution in [0.3, 0.4) is 0 Å². The van der Waals surface area contributed by atoms with Crippen molar-refractivity contribution >= 4 is 0 Å². The summed E-state index contributed by atoms with van der Waals surface area (Å²) in [5.74, 6) is 0. The summed E-state index contributed by atoms with van der Waals surface area (Å²) in [6.45, 7) is 5.68. The minimum atomic E-state index is -4.38. The molecule has 1 fully saturated rings. The van der Waals surface area contributed by atoms with Gasteiger partial charge in [-0.2, -0.15) is 13.2 Å². The van der Waals surface area contributed by atoms with Gasteiger partial charge in [0.2, 0.25) is 0 Å². The summed E-state index contributed by atoms with van der Waals surface area (Å²) in [5.41, 5.74) is -1.58. The summed E-state index contributed by atoms with van der Waals surface area (Å²) in [6.07, 6.45) is -1.66. The molecule has 0 spiro atoms. The summed E-state index contributed by atoms with van der Waals surface area (Å²) < 4.78 is 38.6. The largest absolute Gasteiger partial charge is 0.416 e. The van der Waals surface area contributed by atoms with Gasteiger partial charge in [-0.1, -0.05) is 26.0 Å². The van der Waals surface area contributed by atoms with E-state index in [0.717, 1.165) is 23.6 Å². The van der Waals surface area contributed by atoms with Gasteiger partial charge in [-0.05, 0) is 50.3 Å². The van der Waals surface area contributed by atoms with Crippen molar-refractivity contribution < 1.29 is 18.4 Å². The van der Waals surface area contributed by atoms with E-state index in [0.29, 0.717) is 24.8 Å². The molecule has 1 atom stereocenters. The Kier molecular flexibility index (Phi) is 4.10. The molecule has 2 rings (SSSR count). The van der Waals surface area contributed by atoms with Crippen molar-refractivity contribution in [2.75, 3.05) is 0 Å². The number of alkyl halides is 3. The summed E-state index contributed by atoms with van der Waals surface area (Å²) in [5, 5.41) is 13.9. The molecule has 0 aliphatic carbocycles. The lowest BCUT2D eigenvalue weighted by Gasteiger charge is -2.38. The highest BCUT2D eigenvalue weighted by Crippen LogP contribution is 2.49. The third-order valence-electron chi connectivity index (χ3n) is 5.08. The van der Waals surface area contributed by atoms with Crippen LogP contribution in [0.2, 0.25) is 0 Å². The van der Waals surface area contributed by atoms with Crippen molar-refractivity contribution in [2.24, 2.45) is 0 Å². The fraction of sp³-hybridized carbons (Fsp3) is 0.625. The monoisotopic (exact) mass is 300 g/mol. The maximum atomic E-state index is 12.9. The maximum Gasteiger partial charge on any atom is 0.416 e. The first-order chi connectivity index (χ1) is 9.69. The van der Waals surface area contributed by atoms with E-state index in [1.807, 2.05) is 13.8 Å². The number of halogens is 3. The van der Waals surface area contributed by atoms with Gasteiger partial charge in [0.05, 0.1) is 11.1 Å². The topological polar surface area (TPSA) is 23.1 Å². The van der Waals surface area contributed by atoms with Crippen LogP contribution in [0.15, 0.2) is 24.3 Å².